The summed E-state index contributed by atoms with van der Waals surface area (Å²) in [6.45, 7) is 7.53. The highest BCUT2D eigenvalue weighted by Crippen LogP contribution is 2.18. The largest absolute Gasteiger partial charge is 0.308 e. The Hall–Kier alpha value is -1.41. The van der Waals surface area contributed by atoms with Gasteiger partial charge in [0.1, 0.15) is 0 Å². The van der Waals surface area contributed by atoms with E-state index >= 15 is 0 Å². The van der Waals surface area contributed by atoms with Crippen molar-refractivity contribution in [2.75, 3.05) is 0 Å². The second kappa shape index (κ2) is 4.84. The summed E-state index contributed by atoms with van der Waals surface area (Å²) >= 11 is 0. The Kier molecular flexibility index (Phi) is 3.43. The Bertz CT molecular complexity index is 498. The fraction of sp³-hybridized carbons (Fsp3) is 0.400. The molecule has 0 aliphatic heterocycles. The summed E-state index contributed by atoms with van der Waals surface area (Å²) in [5.41, 5.74) is 1.45. The molecule has 2 rings (SSSR count). The molecule has 1 heterocycles. The summed E-state index contributed by atoms with van der Waals surface area (Å²) in [5.74, 6) is 0. The molecule has 0 fully saturated rings. The number of benzene rings is 1. The SMILES string of the molecule is CCC(C)(C)NCc1cncc2ccccc12. The van der Waals surface area contributed by atoms with Crippen LogP contribution in [0.25, 0.3) is 10.8 Å². The maximum absolute atomic E-state index is 4.30. The molecule has 17 heavy (non-hydrogen) atoms. The van der Waals surface area contributed by atoms with E-state index in [0.29, 0.717) is 0 Å². The van der Waals surface area contributed by atoms with Crippen molar-refractivity contribution >= 4 is 10.8 Å². The summed E-state index contributed by atoms with van der Waals surface area (Å²) in [4.78, 5) is 4.30. The fourth-order valence-electron chi connectivity index (χ4n) is 1.78. The van der Waals surface area contributed by atoms with Crippen molar-refractivity contribution < 1.29 is 0 Å². The third-order valence-electron chi connectivity index (χ3n) is 3.39. The summed E-state index contributed by atoms with van der Waals surface area (Å²) in [7, 11) is 0. The van der Waals surface area contributed by atoms with Crippen LogP contribution in [0.1, 0.15) is 32.8 Å². The van der Waals surface area contributed by atoms with Gasteiger partial charge in [-0.15, -0.1) is 0 Å². The van der Waals surface area contributed by atoms with Crippen LogP contribution in [0.5, 0.6) is 0 Å². The van der Waals surface area contributed by atoms with E-state index in [0.717, 1.165) is 13.0 Å². The maximum atomic E-state index is 4.30. The molecule has 0 radical (unpaired) electrons. The number of nitrogens with zero attached hydrogens (tertiary/aromatic N) is 1. The van der Waals surface area contributed by atoms with E-state index in [1.54, 1.807) is 0 Å². The van der Waals surface area contributed by atoms with Crippen LogP contribution in [0.2, 0.25) is 0 Å². The third-order valence-corrected chi connectivity index (χ3v) is 3.39. The first-order valence-corrected chi connectivity index (χ1v) is 6.19. The number of rotatable bonds is 4. The topological polar surface area (TPSA) is 24.9 Å². The number of pyridine rings is 1. The van der Waals surface area contributed by atoms with Gasteiger partial charge in [-0.05, 0) is 31.2 Å². The first-order valence-electron chi connectivity index (χ1n) is 6.19. The minimum atomic E-state index is 0.178. The van der Waals surface area contributed by atoms with Gasteiger partial charge >= 0.3 is 0 Å². The molecule has 1 aromatic heterocycles. The van der Waals surface area contributed by atoms with E-state index in [9.17, 15) is 0 Å². The molecule has 0 bridgehead atoms. The monoisotopic (exact) mass is 228 g/mol. The van der Waals surface area contributed by atoms with E-state index in [2.05, 4.69) is 55.3 Å². The summed E-state index contributed by atoms with van der Waals surface area (Å²) in [5, 5.41) is 6.08. The molecule has 1 N–H and O–H groups in total. The molecule has 0 aliphatic rings. The predicted octanol–water partition coefficient (Wildman–Crippen LogP) is 3.51. The van der Waals surface area contributed by atoms with Gasteiger partial charge in [-0.25, -0.2) is 0 Å². The van der Waals surface area contributed by atoms with Gasteiger partial charge in [0.2, 0.25) is 0 Å². The predicted molar refractivity (Wildman–Crippen MR) is 73.0 cm³/mol. The van der Waals surface area contributed by atoms with Crippen LogP contribution < -0.4 is 5.32 Å². The smallest absolute Gasteiger partial charge is 0.0346 e. The molecule has 0 aliphatic carbocycles. The quantitative estimate of drug-likeness (QED) is 0.866. The lowest BCUT2D eigenvalue weighted by Crippen LogP contribution is -2.37. The molecule has 2 aromatic rings. The van der Waals surface area contributed by atoms with E-state index in [1.807, 2.05) is 12.4 Å². The Labute approximate surface area is 103 Å². The normalized spacial score (nSPS) is 11.9. The van der Waals surface area contributed by atoms with Crippen molar-refractivity contribution in [1.29, 1.82) is 0 Å². The minimum absolute atomic E-state index is 0.178. The molecule has 2 heteroatoms. The van der Waals surface area contributed by atoms with Gasteiger partial charge in [0.15, 0.2) is 0 Å². The number of nitrogens with one attached hydrogen (secondary N) is 1. The van der Waals surface area contributed by atoms with Crippen LogP contribution in [-0.2, 0) is 6.54 Å². The van der Waals surface area contributed by atoms with Crippen LogP contribution in [0.4, 0.5) is 0 Å². The van der Waals surface area contributed by atoms with Gasteiger partial charge in [-0.2, -0.15) is 0 Å². The highest BCUT2D eigenvalue weighted by Gasteiger charge is 2.14. The molecule has 0 unspecified atom stereocenters. The molecule has 0 saturated carbocycles. The van der Waals surface area contributed by atoms with Crippen LogP contribution in [0.3, 0.4) is 0 Å². The van der Waals surface area contributed by atoms with Crippen molar-refractivity contribution in [2.45, 2.75) is 39.3 Å². The number of fused-ring (bicyclic) bond motifs is 1. The minimum Gasteiger partial charge on any atom is -0.308 e. The number of hydrogen-bond acceptors (Lipinski definition) is 2. The maximum Gasteiger partial charge on any atom is 0.0346 e. The van der Waals surface area contributed by atoms with Crippen molar-refractivity contribution in [2.24, 2.45) is 0 Å². The van der Waals surface area contributed by atoms with E-state index in [-0.39, 0.29) is 5.54 Å². The fourth-order valence-corrected chi connectivity index (χ4v) is 1.78. The van der Waals surface area contributed by atoms with E-state index < -0.39 is 0 Å². The number of aromatic nitrogens is 1. The van der Waals surface area contributed by atoms with Gasteiger partial charge in [0, 0.05) is 29.9 Å². The highest BCUT2D eigenvalue weighted by atomic mass is 14.9. The lowest BCUT2D eigenvalue weighted by molar-refractivity contribution is 0.375. The van der Waals surface area contributed by atoms with Gasteiger partial charge in [0.25, 0.3) is 0 Å². The van der Waals surface area contributed by atoms with E-state index in [4.69, 9.17) is 0 Å². The Morgan fingerprint density at radius 2 is 1.94 bits per heavy atom. The first-order chi connectivity index (χ1) is 8.12. The van der Waals surface area contributed by atoms with Crippen molar-refractivity contribution in [3.63, 3.8) is 0 Å². The average molecular weight is 228 g/mol. The Morgan fingerprint density at radius 1 is 1.18 bits per heavy atom. The second-order valence-corrected chi connectivity index (χ2v) is 5.11. The summed E-state index contributed by atoms with van der Waals surface area (Å²) in [6, 6.07) is 8.40. The van der Waals surface area contributed by atoms with Crippen molar-refractivity contribution in [3.8, 4) is 0 Å². The highest BCUT2D eigenvalue weighted by molar-refractivity contribution is 5.84. The number of hydrogen-bond donors (Lipinski definition) is 1. The average Bonchev–Trinajstić information content (AvgIpc) is 2.36. The van der Waals surface area contributed by atoms with Gasteiger partial charge in [-0.1, -0.05) is 31.2 Å². The molecule has 0 amide bonds. The molecule has 0 spiro atoms. The van der Waals surface area contributed by atoms with Crippen molar-refractivity contribution in [3.05, 3.63) is 42.2 Å². The van der Waals surface area contributed by atoms with Crippen molar-refractivity contribution in [1.82, 2.24) is 10.3 Å². The zero-order chi connectivity index (χ0) is 12.3. The van der Waals surface area contributed by atoms with Crippen LogP contribution in [0.15, 0.2) is 36.7 Å². The summed E-state index contributed by atoms with van der Waals surface area (Å²) < 4.78 is 0. The van der Waals surface area contributed by atoms with Crippen LogP contribution in [0, 0.1) is 0 Å². The molecular weight excluding hydrogens is 208 g/mol. The Balaban J connectivity index is 2.24. The molecule has 1 aromatic carbocycles. The lowest BCUT2D eigenvalue weighted by atomic mass is 10.0. The summed E-state index contributed by atoms with van der Waals surface area (Å²) in [6.07, 6.45) is 5.00. The van der Waals surface area contributed by atoms with Crippen LogP contribution in [-0.4, -0.2) is 10.5 Å². The zero-order valence-electron chi connectivity index (χ0n) is 10.8. The Morgan fingerprint density at radius 3 is 2.71 bits per heavy atom. The molecular formula is C15H20N2. The van der Waals surface area contributed by atoms with Crippen LogP contribution >= 0.6 is 0 Å². The van der Waals surface area contributed by atoms with E-state index in [1.165, 1.54) is 16.3 Å². The zero-order valence-corrected chi connectivity index (χ0v) is 10.8. The van der Waals surface area contributed by atoms with Gasteiger partial charge < -0.3 is 5.32 Å². The molecule has 0 atom stereocenters. The first kappa shape index (κ1) is 12.1. The second-order valence-electron chi connectivity index (χ2n) is 5.11. The molecule has 90 valence electrons. The third kappa shape index (κ3) is 2.83. The van der Waals surface area contributed by atoms with Gasteiger partial charge in [-0.3, -0.25) is 4.98 Å². The standard InChI is InChI=1S/C15H20N2/c1-4-15(2,3)17-11-13-10-16-9-12-7-5-6-8-14(12)13/h5-10,17H,4,11H2,1-3H3. The lowest BCUT2D eigenvalue weighted by Gasteiger charge is -2.24. The molecule has 2 nitrogen and oxygen atoms in total. The van der Waals surface area contributed by atoms with Gasteiger partial charge in [0.05, 0.1) is 0 Å². The molecule has 0 saturated heterocycles.